The average molecular weight is 361 g/mol. The van der Waals surface area contributed by atoms with E-state index in [1.165, 1.54) is 12.8 Å². The number of rotatable bonds is 5. The van der Waals surface area contributed by atoms with E-state index in [9.17, 15) is 9.59 Å². The van der Waals surface area contributed by atoms with Crippen molar-refractivity contribution >= 4 is 11.8 Å². The summed E-state index contributed by atoms with van der Waals surface area (Å²) < 4.78 is 1.85. The summed E-state index contributed by atoms with van der Waals surface area (Å²) in [6.07, 6.45) is 4.98. The van der Waals surface area contributed by atoms with Gasteiger partial charge in [-0.2, -0.15) is 5.10 Å². The molecule has 1 atom stereocenters. The number of amides is 2. The molecule has 1 aliphatic carbocycles. The van der Waals surface area contributed by atoms with Gasteiger partial charge in [0.05, 0.1) is 18.2 Å². The van der Waals surface area contributed by atoms with Crippen molar-refractivity contribution < 1.29 is 9.59 Å². The van der Waals surface area contributed by atoms with Crippen LogP contribution in [0.5, 0.6) is 0 Å². The van der Waals surface area contributed by atoms with Crippen molar-refractivity contribution in [2.24, 2.45) is 7.05 Å². The Morgan fingerprint density at radius 1 is 1.31 bits per heavy atom. The number of hydrogen-bond donors (Lipinski definition) is 1. The van der Waals surface area contributed by atoms with Gasteiger partial charge in [0, 0.05) is 51.0 Å². The first kappa shape index (κ1) is 18.9. The van der Waals surface area contributed by atoms with E-state index in [2.05, 4.69) is 15.3 Å². The van der Waals surface area contributed by atoms with Crippen LogP contribution in [-0.4, -0.2) is 63.6 Å². The van der Waals surface area contributed by atoms with Crippen molar-refractivity contribution in [2.75, 3.05) is 20.1 Å². The van der Waals surface area contributed by atoms with E-state index in [1.807, 2.05) is 32.6 Å². The topological polar surface area (TPSA) is 70.5 Å². The Morgan fingerprint density at radius 3 is 2.62 bits per heavy atom. The molecule has 7 heteroatoms. The predicted octanol–water partition coefficient (Wildman–Crippen LogP) is 1.13. The van der Waals surface area contributed by atoms with Crippen LogP contribution in [0.2, 0.25) is 0 Å². The molecule has 1 saturated carbocycles. The highest BCUT2D eigenvalue weighted by molar-refractivity contribution is 5.88. The number of carbonyl (C=O) groups is 2. The number of aromatic nitrogens is 2. The number of nitrogens with zero attached hydrogens (tertiary/aromatic N) is 4. The zero-order chi connectivity index (χ0) is 18.8. The Hall–Kier alpha value is -1.89. The van der Waals surface area contributed by atoms with E-state index in [-0.39, 0.29) is 24.3 Å². The number of nitrogens with one attached hydrogen (secondary N) is 1. The van der Waals surface area contributed by atoms with Crippen LogP contribution >= 0.6 is 0 Å². The SMILES string of the molecule is Cc1nn(C)c(C)c1CN(C)C(=O)C[C@@H]1C(=O)NCCN1C1CCCC1. The quantitative estimate of drug-likeness (QED) is 0.853. The van der Waals surface area contributed by atoms with Gasteiger partial charge in [-0.1, -0.05) is 12.8 Å². The fourth-order valence-electron chi connectivity index (χ4n) is 4.31. The normalized spacial score (nSPS) is 21.8. The number of aryl methyl sites for hydroxylation is 2. The van der Waals surface area contributed by atoms with Crippen LogP contribution in [0.4, 0.5) is 0 Å². The van der Waals surface area contributed by atoms with Gasteiger partial charge in [0.2, 0.25) is 11.8 Å². The first-order valence-electron chi connectivity index (χ1n) is 9.65. The molecule has 1 aromatic heterocycles. The molecule has 3 rings (SSSR count). The van der Waals surface area contributed by atoms with Crippen LogP contribution in [0.15, 0.2) is 0 Å². The number of carbonyl (C=O) groups excluding carboxylic acids is 2. The maximum absolute atomic E-state index is 12.8. The molecule has 0 radical (unpaired) electrons. The lowest BCUT2D eigenvalue weighted by molar-refractivity contribution is -0.139. The molecule has 1 aromatic rings. The van der Waals surface area contributed by atoms with Gasteiger partial charge in [-0.25, -0.2) is 0 Å². The largest absolute Gasteiger partial charge is 0.353 e. The van der Waals surface area contributed by atoms with Crippen molar-refractivity contribution in [1.82, 2.24) is 24.9 Å². The molecule has 1 aliphatic heterocycles. The first-order valence-corrected chi connectivity index (χ1v) is 9.65. The lowest BCUT2D eigenvalue weighted by atomic mass is 10.0. The number of hydrogen-bond acceptors (Lipinski definition) is 4. The van der Waals surface area contributed by atoms with Gasteiger partial charge in [-0.05, 0) is 26.7 Å². The highest BCUT2D eigenvalue weighted by atomic mass is 16.2. The second-order valence-electron chi connectivity index (χ2n) is 7.71. The molecule has 0 unspecified atom stereocenters. The third kappa shape index (κ3) is 3.77. The van der Waals surface area contributed by atoms with Crippen molar-refractivity contribution in [3.05, 3.63) is 17.0 Å². The zero-order valence-corrected chi connectivity index (χ0v) is 16.4. The Balaban J connectivity index is 1.67. The van der Waals surface area contributed by atoms with Crippen molar-refractivity contribution in [1.29, 1.82) is 0 Å². The smallest absolute Gasteiger partial charge is 0.237 e. The fourth-order valence-corrected chi connectivity index (χ4v) is 4.31. The van der Waals surface area contributed by atoms with E-state index < -0.39 is 0 Å². The van der Waals surface area contributed by atoms with E-state index in [1.54, 1.807) is 4.90 Å². The summed E-state index contributed by atoms with van der Waals surface area (Å²) in [6.45, 7) is 6.05. The molecule has 1 saturated heterocycles. The maximum Gasteiger partial charge on any atom is 0.237 e. The van der Waals surface area contributed by atoms with Gasteiger partial charge in [0.15, 0.2) is 0 Å². The van der Waals surface area contributed by atoms with E-state index in [0.29, 0.717) is 19.1 Å². The molecule has 0 bridgehead atoms. The second-order valence-corrected chi connectivity index (χ2v) is 7.71. The fraction of sp³-hybridized carbons (Fsp3) is 0.737. The minimum atomic E-state index is -0.335. The van der Waals surface area contributed by atoms with E-state index in [0.717, 1.165) is 36.3 Å². The first-order chi connectivity index (χ1) is 12.4. The monoisotopic (exact) mass is 361 g/mol. The molecule has 144 valence electrons. The molecule has 2 amide bonds. The maximum atomic E-state index is 12.8. The van der Waals surface area contributed by atoms with Crippen LogP contribution in [0, 0.1) is 13.8 Å². The minimum Gasteiger partial charge on any atom is -0.353 e. The molecule has 26 heavy (non-hydrogen) atoms. The summed E-state index contributed by atoms with van der Waals surface area (Å²) in [5.74, 6) is 0.0105. The molecule has 0 aromatic carbocycles. The van der Waals surface area contributed by atoms with Crippen LogP contribution in [0.1, 0.15) is 49.1 Å². The summed E-state index contributed by atoms with van der Waals surface area (Å²) in [7, 11) is 3.73. The summed E-state index contributed by atoms with van der Waals surface area (Å²) in [5, 5.41) is 7.36. The Morgan fingerprint density at radius 2 is 2.00 bits per heavy atom. The minimum absolute atomic E-state index is 0.00126. The highest BCUT2D eigenvalue weighted by Crippen LogP contribution is 2.27. The predicted molar refractivity (Wildman–Crippen MR) is 99.5 cm³/mol. The van der Waals surface area contributed by atoms with Gasteiger partial charge >= 0.3 is 0 Å². The van der Waals surface area contributed by atoms with Crippen molar-refractivity contribution in [3.63, 3.8) is 0 Å². The van der Waals surface area contributed by atoms with Gasteiger partial charge in [-0.3, -0.25) is 19.2 Å². The summed E-state index contributed by atoms with van der Waals surface area (Å²) in [6, 6.07) is 0.116. The van der Waals surface area contributed by atoms with E-state index in [4.69, 9.17) is 0 Å². The standard InChI is InChI=1S/C19H31N5O2/c1-13-16(14(2)23(4)21-13)12-22(3)18(25)11-17-19(26)20-9-10-24(17)15-7-5-6-8-15/h15,17H,5-12H2,1-4H3,(H,20,26)/t17-/m1/s1. The molecule has 1 N–H and O–H groups in total. The molecule has 2 fully saturated rings. The summed E-state index contributed by atoms with van der Waals surface area (Å²) in [4.78, 5) is 29.3. The molecule has 2 heterocycles. The van der Waals surface area contributed by atoms with Crippen LogP contribution in [0.25, 0.3) is 0 Å². The van der Waals surface area contributed by atoms with Gasteiger partial charge in [0.1, 0.15) is 0 Å². The van der Waals surface area contributed by atoms with Crippen LogP contribution < -0.4 is 5.32 Å². The van der Waals surface area contributed by atoms with E-state index >= 15 is 0 Å². The lowest BCUT2D eigenvalue weighted by Crippen LogP contribution is -2.59. The Labute approximate surface area is 155 Å². The third-order valence-corrected chi connectivity index (χ3v) is 6.01. The van der Waals surface area contributed by atoms with Crippen LogP contribution in [0.3, 0.4) is 0 Å². The Bertz CT molecular complexity index is 678. The molecular weight excluding hydrogens is 330 g/mol. The van der Waals surface area contributed by atoms with Crippen molar-refractivity contribution in [2.45, 2.75) is 64.6 Å². The molecule has 2 aliphatic rings. The third-order valence-electron chi connectivity index (χ3n) is 6.01. The summed E-state index contributed by atoms with van der Waals surface area (Å²) in [5.41, 5.74) is 3.11. The number of piperazine rings is 1. The molecule has 7 nitrogen and oxygen atoms in total. The lowest BCUT2D eigenvalue weighted by Gasteiger charge is -2.39. The Kier molecular flexibility index (Phi) is 5.65. The highest BCUT2D eigenvalue weighted by Gasteiger charge is 2.37. The van der Waals surface area contributed by atoms with Crippen molar-refractivity contribution in [3.8, 4) is 0 Å². The zero-order valence-electron chi connectivity index (χ0n) is 16.4. The van der Waals surface area contributed by atoms with Gasteiger partial charge in [-0.15, -0.1) is 0 Å². The average Bonchev–Trinajstić information content (AvgIpc) is 3.21. The summed E-state index contributed by atoms with van der Waals surface area (Å²) >= 11 is 0. The molecule has 0 spiro atoms. The van der Waals surface area contributed by atoms with Gasteiger partial charge in [0.25, 0.3) is 0 Å². The van der Waals surface area contributed by atoms with Gasteiger partial charge < -0.3 is 10.2 Å². The molecular formula is C19H31N5O2. The second kappa shape index (κ2) is 7.78. The van der Waals surface area contributed by atoms with Crippen LogP contribution in [-0.2, 0) is 23.2 Å².